The second-order valence-corrected chi connectivity index (χ2v) is 3.17. The van der Waals surface area contributed by atoms with Gasteiger partial charge in [-0.05, 0) is 19.1 Å². The van der Waals surface area contributed by atoms with Gasteiger partial charge in [-0.1, -0.05) is 24.8 Å². The maximum atomic E-state index is 11.6. The van der Waals surface area contributed by atoms with E-state index in [9.17, 15) is 9.59 Å². The molecule has 18 heavy (non-hydrogen) atoms. The van der Waals surface area contributed by atoms with Crippen LogP contribution in [0, 0.1) is 0 Å². The summed E-state index contributed by atoms with van der Waals surface area (Å²) in [6.45, 7) is 5.38. The molecule has 5 heteroatoms. The molecular formula is C13H14O5. The van der Waals surface area contributed by atoms with Crippen LogP contribution < -0.4 is 4.74 Å². The zero-order chi connectivity index (χ0) is 13.4. The Morgan fingerprint density at radius 3 is 2.67 bits per heavy atom. The first kappa shape index (κ1) is 13.8. The number of hydrogen-bond donors (Lipinski definition) is 0. The molecule has 0 aromatic heterocycles. The number of para-hydroxylation sites is 1. The molecule has 1 aromatic carbocycles. The van der Waals surface area contributed by atoms with Gasteiger partial charge in [0.2, 0.25) is 0 Å². The molecule has 0 saturated carbocycles. The first-order chi connectivity index (χ1) is 8.69. The molecule has 0 fully saturated rings. The van der Waals surface area contributed by atoms with Crippen molar-refractivity contribution < 1.29 is 23.8 Å². The highest BCUT2D eigenvalue weighted by atomic mass is 16.7. The number of carbonyl (C=O) groups is 2. The second kappa shape index (κ2) is 7.11. The Labute approximate surface area is 105 Å². The van der Waals surface area contributed by atoms with Crippen molar-refractivity contribution in [1.29, 1.82) is 0 Å². The van der Waals surface area contributed by atoms with E-state index in [1.165, 1.54) is 18.2 Å². The summed E-state index contributed by atoms with van der Waals surface area (Å²) in [4.78, 5) is 22.9. The van der Waals surface area contributed by atoms with Crippen molar-refractivity contribution in [2.24, 2.45) is 0 Å². The molecule has 5 nitrogen and oxygen atoms in total. The first-order valence-corrected chi connectivity index (χ1v) is 5.40. The largest absolute Gasteiger partial charge is 0.514 e. The molecule has 0 aliphatic carbocycles. The molecule has 0 bridgehead atoms. The third kappa shape index (κ3) is 3.93. The molecule has 0 N–H and O–H groups in total. The van der Waals surface area contributed by atoms with Gasteiger partial charge < -0.3 is 14.2 Å². The van der Waals surface area contributed by atoms with Gasteiger partial charge in [-0.3, -0.25) is 0 Å². The fourth-order valence-corrected chi connectivity index (χ4v) is 1.18. The van der Waals surface area contributed by atoms with Crippen molar-refractivity contribution in [3.8, 4) is 5.75 Å². The summed E-state index contributed by atoms with van der Waals surface area (Å²) in [7, 11) is 0. The summed E-state index contributed by atoms with van der Waals surface area (Å²) in [5.41, 5.74) is 0.176. The van der Waals surface area contributed by atoms with Gasteiger partial charge in [-0.25, -0.2) is 9.59 Å². The number of rotatable bonds is 5. The Kier molecular flexibility index (Phi) is 5.44. The van der Waals surface area contributed by atoms with Crippen molar-refractivity contribution in [3.63, 3.8) is 0 Å². The third-order valence-electron chi connectivity index (χ3n) is 1.89. The summed E-state index contributed by atoms with van der Waals surface area (Å²) >= 11 is 0. The highest BCUT2D eigenvalue weighted by molar-refractivity contribution is 5.93. The maximum Gasteiger partial charge on any atom is 0.514 e. The van der Waals surface area contributed by atoms with Gasteiger partial charge in [0, 0.05) is 0 Å². The molecule has 0 atom stereocenters. The van der Waals surface area contributed by atoms with Gasteiger partial charge >= 0.3 is 12.1 Å². The van der Waals surface area contributed by atoms with Crippen LogP contribution >= 0.6 is 0 Å². The molecule has 0 aliphatic rings. The zero-order valence-corrected chi connectivity index (χ0v) is 10.0. The van der Waals surface area contributed by atoms with Crippen LogP contribution in [0.3, 0.4) is 0 Å². The summed E-state index contributed by atoms with van der Waals surface area (Å²) in [5.74, 6) is -0.449. The molecular weight excluding hydrogens is 236 g/mol. The Bertz CT molecular complexity index is 439. The van der Waals surface area contributed by atoms with E-state index in [0.717, 1.165) is 0 Å². The third-order valence-corrected chi connectivity index (χ3v) is 1.89. The summed E-state index contributed by atoms with van der Waals surface area (Å²) in [6, 6.07) is 6.28. The standard InChI is InChI=1S/C13H14O5/c1-3-9-17-13(15)18-11-8-6-5-7-10(11)12(14)16-4-2/h3,5-8H,1,4,9H2,2H3. The number of hydrogen-bond acceptors (Lipinski definition) is 5. The lowest BCUT2D eigenvalue weighted by Gasteiger charge is -2.08. The van der Waals surface area contributed by atoms with Gasteiger partial charge in [-0.15, -0.1) is 0 Å². The first-order valence-electron chi connectivity index (χ1n) is 5.40. The average Bonchev–Trinajstić information content (AvgIpc) is 2.37. The van der Waals surface area contributed by atoms with Crippen LogP contribution in [0.25, 0.3) is 0 Å². The van der Waals surface area contributed by atoms with E-state index in [0.29, 0.717) is 0 Å². The summed E-state index contributed by atoms with van der Waals surface area (Å²) in [6.07, 6.45) is 0.519. The second-order valence-electron chi connectivity index (χ2n) is 3.17. The molecule has 0 saturated heterocycles. The number of ether oxygens (including phenoxy) is 3. The summed E-state index contributed by atoms with van der Waals surface area (Å²) in [5, 5.41) is 0. The highest BCUT2D eigenvalue weighted by Crippen LogP contribution is 2.19. The van der Waals surface area contributed by atoms with E-state index in [1.807, 2.05) is 0 Å². The van der Waals surface area contributed by atoms with E-state index < -0.39 is 12.1 Å². The lowest BCUT2D eigenvalue weighted by atomic mass is 10.2. The van der Waals surface area contributed by atoms with Crippen LogP contribution in [0.1, 0.15) is 17.3 Å². The van der Waals surface area contributed by atoms with E-state index in [2.05, 4.69) is 11.3 Å². The van der Waals surface area contributed by atoms with Crippen molar-refractivity contribution >= 4 is 12.1 Å². The van der Waals surface area contributed by atoms with Crippen molar-refractivity contribution in [1.82, 2.24) is 0 Å². The average molecular weight is 250 g/mol. The fourth-order valence-electron chi connectivity index (χ4n) is 1.18. The van der Waals surface area contributed by atoms with Crippen LogP contribution in [0.4, 0.5) is 4.79 Å². The van der Waals surface area contributed by atoms with E-state index in [1.54, 1.807) is 19.1 Å². The SMILES string of the molecule is C=CCOC(=O)Oc1ccccc1C(=O)OCC. The fraction of sp³-hybridized carbons (Fsp3) is 0.231. The molecule has 0 aliphatic heterocycles. The van der Waals surface area contributed by atoms with Gasteiger partial charge in [-0.2, -0.15) is 0 Å². The zero-order valence-electron chi connectivity index (χ0n) is 10.0. The van der Waals surface area contributed by atoms with Crippen LogP contribution in [0.15, 0.2) is 36.9 Å². The van der Waals surface area contributed by atoms with Gasteiger partial charge in [0.1, 0.15) is 17.9 Å². The predicted octanol–water partition coefficient (Wildman–Crippen LogP) is 2.56. The smallest absolute Gasteiger partial charge is 0.462 e. The lowest BCUT2D eigenvalue weighted by Crippen LogP contribution is -2.14. The van der Waals surface area contributed by atoms with Gasteiger partial charge in [0.15, 0.2) is 0 Å². The Morgan fingerprint density at radius 2 is 2.00 bits per heavy atom. The van der Waals surface area contributed by atoms with E-state index in [-0.39, 0.29) is 24.5 Å². The normalized spacial score (nSPS) is 9.39. The Hall–Kier alpha value is -2.30. The van der Waals surface area contributed by atoms with Crippen LogP contribution in [0.2, 0.25) is 0 Å². The minimum atomic E-state index is -0.897. The quantitative estimate of drug-likeness (QED) is 0.456. The van der Waals surface area contributed by atoms with Crippen molar-refractivity contribution in [2.75, 3.05) is 13.2 Å². The molecule has 0 unspecified atom stereocenters. The molecule has 96 valence electrons. The predicted molar refractivity (Wildman–Crippen MR) is 64.6 cm³/mol. The monoisotopic (exact) mass is 250 g/mol. The minimum absolute atomic E-state index is 0.0421. The van der Waals surface area contributed by atoms with Crippen molar-refractivity contribution in [2.45, 2.75) is 6.92 Å². The van der Waals surface area contributed by atoms with E-state index in [4.69, 9.17) is 9.47 Å². The Balaban J connectivity index is 2.78. The van der Waals surface area contributed by atoms with Crippen molar-refractivity contribution in [3.05, 3.63) is 42.5 Å². The molecule has 0 spiro atoms. The lowest BCUT2D eigenvalue weighted by molar-refractivity contribution is 0.0521. The topological polar surface area (TPSA) is 61.8 Å². The molecule has 0 amide bonds. The highest BCUT2D eigenvalue weighted by Gasteiger charge is 2.16. The van der Waals surface area contributed by atoms with Crippen LogP contribution in [-0.2, 0) is 9.47 Å². The van der Waals surface area contributed by atoms with Crippen LogP contribution in [-0.4, -0.2) is 25.3 Å². The van der Waals surface area contributed by atoms with Gasteiger partial charge in [0.25, 0.3) is 0 Å². The maximum absolute atomic E-state index is 11.6. The molecule has 1 aromatic rings. The molecule has 1 rings (SSSR count). The molecule has 0 heterocycles. The summed E-state index contributed by atoms with van der Waals surface area (Å²) < 4.78 is 14.4. The van der Waals surface area contributed by atoms with E-state index >= 15 is 0 Å². The minimum Gasteiger partial charge on any atom is -0.462 e. The number of esters is 1. The molecule has 0 radical (unpaired) electrons. The van der Waals surface area contributed by atoms with Gasteiger partial charge in [0.05, 0.1) is 6.61 Å². The Morgan fingerprint density at radius 1 is 1.28 bits per heavy atom. The number of carbonyl (C=O) groups excluding carboxylic acids is 2. The number of benzene rings is 1. The van der Waals surface area contributed by atoms with Crippen LogP contribution in [0.5, 0.6) is 5.75 Å².